The summed E-state index contributed by atoms with van der Waals surface area (Å²) in [5.74, 6) is 0. The highest BCUT2D eigenvalue weighted by Gasteiger charge is 2.49. The van der Waals surface area contributed by atoms with Crippen molar-refractivity contribution in [3.8, 4) is 0 Å². The van der Waals surface area contributed by atoms with Crippen LogP contribution in [0.2, 0.25) is 15.1 Å². The molecule has 1 aliphatic rings. The van der Waals surface area contributed by atoms with E-state index in [2.05, 4.69) is 15.9 Å². The maximum absolute atomic E-state index is 12.9. The largest absolute Gasteiger partial charge is 0.223 e. The summed E-state index contributed by atoms with van der Waals surface area (Å²) in [6.07, 6.45) is 3.74. The second kappa shape index (κ2) is 6.33. The Hall–Kier alpha value is 0.520. The van der Waals surface area contributed by atoms with Crippen LogP contribution in [0, 0.1) is 0 Å². The molecule has 0 amide bonds. The van der Waals surface area contributed by atoms with Gasteiger partial charge >= 0.3 is 0 Å². The highest BCUT2D eigenvalue weighted by molar-refractivity contribution is 9.09. The third kappa shape index (κ3) is 2.87. The molecule has 2 nitrogen and oxygen atoms in total. The molecule has 0 bridgehead atoms. The molecule has 0 spiro atoms. The molecule has 0 saturated heterocycles. The quantitative estimate of drug-likeness (QED) is 0.464. The van der Waals surface area contributed by atoms with Gasteiger partial charge in [0.15, 0.2) is 9.84 Å². The summed E-state index contributed by atoms with van der Waals surface area (Å²) in [6, 6.07) is 2.77. The molecule has 1 aromatic rings. The summed E-state index contributed by atoms with van der Waals surface area (Å²) in [6.45, 7) is 0. The molecule has 0 unspecified atom stereocenters. The van der Waals surface area contributed by atoms with Gasteiger partial charge in [-0.05, 0) is 37.8 Å². The lowest BCUT2D eigenvalue weighted by atomic mass is 9.81. The van der Waals surface area contributed by atoms with Crippen LogP contribution >= 0.6 is 50.7 Å². The number of alkyl halides is 1. The zero-order chi connectivity index (χ0) is 15.0. The third-order valence-electron chi connectivity index (χ3n) is 3.87. The van der Waals surface area contributed by atoms with Crippen molar-refractivity contribution in [2.75, 3.05) is 5.33 Å². The zero-order valence-electron chi connectivity index (χ0n) is 10.6. The van der Waals surface area contributed by atoms with Gasteiger partial charge in [0, 0.05) is 5.33 Å². The fourth-order valence-corrected chi connectivity index (χ4v) is 6.05. The first-order valence-electron chi connectivity index (χ1n) is 6.29. The van der Waals surface area contributed by atoms with Crippen LogP contribution in [-0.2, 0) is 9.84 Å². The number of hydrogen-bond donors (Lipinski definition) is 0. The van der Waals surface area contributed by atoms with Gasteiger partial charge in [-0.15, -0.1) is 0 Å². The van der Waals surface area contributed by atoms with E-state index in [0.717, 1.165) is 18.2 Å². The van der Waals surface area contributed by atoms with Gasteiger partial charge in [0.1, 0.15) is 0 Å². The molecule has 0 atom stereocenters. The Kier molecular flexibility index (Phi) is 5.34. The molecule has 0 aromatic heterocycles. The first kappa shape index (κ1) is 16.9. The summed E-state index contributed by atoms with van der Waals surface area (Å²) in [7, 11) is -3.50. The van der Waals surface area contributed by atoms with Crippen molar-refractivity contribution in [1.82, 2.24) is 0 Å². The standard InChI is InChI=1S/C13H14BrCl3O2S/c14-6-2-5-13(3-1-4-13)20(18,19)12-8-10(16)9(15)7-11(12)17/h7-8H,1-6H2. The Balaban J connectivity index is 2.47. The lowest BCUT2D eigenvalue weighted by molar-refractivity contribution is 0.316. The maximum Gasteiger partial charge on any atom is 0.185 e. The van der Waals surface area contributed by atoms with Crippen molar-refractivity contribution in [3.63, 3.8) is 0 Å². The zero-order valence-corrected chi connectivity index (χ0v) is 15.3. The fraction of sp³-hybridized carbons (Fsp3) is 0.538. The fourth-order valence-electron chi connectivity index (χ4n) is 2.56. The van der Waals surface area contributed by atoms with Crippen molar-refractivity contribution < 1.29 is 8.42 Å². The van der Waals surface area contributed by atoms with E-state index in [1.807, 2.05) is 0 Å². The van der Waals surface area contributed by atoms with Gasteiger partial charge in [0.25, 0.3) is 0 Å². The smallest absolute Gasteiger partial charge is 0.185 e. The molecular formula is C13H14BrCl3O2S. The van der Waals surface area contributed by atoms with Crippen molar-refractivity contribution in [1.29, 1.82) is 0 Å². The van der Waals surface area contributed by atoms with Crippen LogP contribution in [0.3, 0.4) is 0 Å². The van der Waals surface area contributed by atoms with Crippen molar-refractivity contribution in [2.45, 2.75) is 41.7 Å². The van der Waals surface area contributed by atoms with E-state index in [-0.39, 0.29) is 20.0 Å². The molecule has 2 rings (SSSR count). The summed E-state index contributed by atoms with van der Waals surface area (Å²) in [5.41, 5.74) is 0. The average Bonchev–Trinajstić information content (AvgIpc) is 2.32. The minimum absolute atomic E-state index is 0.0999. The SMILES string of the molecule is O=S(=O)(c1cc(Cl)c(Cl)cc1Cl)C1(CCCBr)CCC1. The Morgan fingerprint density at radius 3 is 2.20 bits per heavy atom. The normalized spacial score (nSPS) is 17.8. The van der Waals surface area contributed by atoms with Gasteiger partial charge in [-0.2, -0.15) is 0 Å². The van der Waals surface area contributed by atoms with Gasteiger partial charge in [-0.1, -0.05) is 57.2 Å². The highest BCUT2D eigenvalue weighted by Crippen LogP contribution is 2.48. The van der Waals surface area contributed by atoms with Crippen LogP contribution in [0.15, 0.2) is 17.0 Å². The summed E-state index contributed by atoms with van der Waals surface area (Å²) >= 11 is 21.2. The van der Waals surface area contributed by atoms with E-state index in [1.165, 1.54) is 12.1 Å². The van der Waals surface area contributed by atoms with E-state index in [0.29, 0.717) is 19.3 Å². The van der Waals surface area contributed by atoms with E-state index in [9.17, 15) is 8.42 Å². The van der Waals surface area contributed by atoms with E-state index in [4.69, 9.17) is 34.8 Å². The maximum atomic E-state index is 12.9. The van der Waals surface area contributed by atoms with Crippen molar-refractivity contribution >= 4 is 60.6 Å². The molecule has 0 heterocycles. The van der Waals surface area contributed by atoms with Crippen molar-refractivity contribution in [3.05, 3.63) is 27.2 Å². The summed E-state index contributed by atoms with van der Waals surface area (Å²) in [4.78, 5) is 0.0999. The molecule has 0 radical (unpaired) electrons. The van der Waals surface area contributed by atoms with E-state index < -0.39 is 14.6 Å². The molecule has 1 fully saturated rings. The van der Waals surface area contributed by atoms with Gasteiger partial charge in [-0.25, -0.2) is 8.42 Å². The van der Waals surface area contributed by atoms with Crippen LogP contribution in [0.25, 0.3) is 0 Å². The summed E-state index contributed by atoms with van der Waals surface area (Å²) in [5, 5.41) is 1.41. The number of halogens is 4. The van der Waals surface area contributed by atoms with Gasteiger partial charge in [-0.3, -0.25) is 0 Å². The van der Waals surface area contributed by atoms with Gasteiger partial charge < -0.3 is 0 Å². The number of benzene rings is 1. The molecule has 1 aromatic carbocycles. The van der Waals surface area contributed by atoms with E-state index >= 15 is 0 Å². The molecular weight excluding hydrogens is 406 g/mol. The predicted molar refractivity (Wildman–Crippen MR) is 88.3 cm³/mol. The molecule has 7 heteroatoms. The Morgan fingerprint density at radius 1 is 1.10 bits per heavy atom. The minimum Gasteiger partial charge on any atom is -0.223 e. The van der Waals surface area contributed by atoms with Crippen LogP contribution in [0.1, 0.15) is 32.1 Å². The Labute approximate surface area is 142 Å². The monoisotopic (exact) mass is 418 g/mol. The third-order valence-corrected chi connectivity index (χ3v) is 8.24. The predicted octanol–water partition coefficient (Wildman–Crippen LogP) is 5.52. The van der Waals surface area contributed by atoms with Gasteiger partial charge in [0.2, 0.25) is 0 Å². The molecule has 0 N–H and O–H groups in total. The highest BCUT2D eigenvalue weighted by atomic mass is 79.9. The van der Waals surface area contributed by atoms with Crippen LogP contribution < -0.4 is 0 Å². The van der Waals surface area contributed by atoms with E-state index in [1.54, 1.807) is 0 Å². The summed E-state index contributed by atoms with van der Waals surface area (Å²) < 4.78 is 25.2. The average molecular weight is 421 g/mol. The second-order valence-electron chi connectivity index (χ2n) is 5.03. The number of sulfone groups is 1. The first-order chi connectivity index (χ1) is 9.34. The van der Waals surface area contributed by atoms with Crippen LogP contribution in [0.4, 0.5) is 0 Å². The van der Waals surface area contributed by atoms with Crippen LogP contribution in [-0.4, -0.2) is 18.5 Å². The minimum atomic E-state index is -3.50. The lowest BCUT2D eigenvalue weighted by Crippen LogP contribution is -2.45. The Bertz CT molecular complexity index is 612. The topological polar surface area (TPSA) is 34.1 Å². The molecule has 112 valence electrons. The first-order valence-corrected chi connectivity index (χ1v) is 10.0. The second-order valence-corrected chi connectivity index (χ2v) is 9.36. The van der Waals surface area contributed by atoms with Gasteiger partial charge in [0.05, 0.1) is 24.7 Å². The number of rotatable bonds is 5. The molecule has 20 heavy (non-hydrogen) atoms. The van der Waals surface area contributed by atoms with Crippen LogP contribution in [0.5, 0.6) is 0 Å². The Morgan fingerprint density at radius 2 is 1.70 bits per heavy atom. The molecule has 1 aliphatic carbocycles. The molecule has 1 saturated carbocycles. The molecule has 0 aliphatic heterocycles. The lowest BCUT2D eigenvalue weighted by Gasteiger charge is -2.41. The number of hydrogen-bond acceptors (Lipinski definition) is 2. The van der Waals surface area contributed by atoms with Crippen molar-refractivity contribution in [2.24, 2.45) is 0 Å².